The minimum Gasteiger partial charge on any atom is -0.481 e. The van der Waals surface area contributed by atoms with Crippen molar-refractivity contribution in [3.8, 4) is 0 Å². The van der Waals surface area contributed by atoms with E-state index in [1.165, 1.54) is 0 Å². The van der Waals surface area contributed by atoms with Crippen LogP contribution in [0.25, 0.3) is 0 Å². The zero-order chi connectivity index (χ0) is 14.1. The van der Waals surface area contributed by atoms with Gasteiger partial charge in [0.05, 0.1) is 17.7 Å². The first-order chi connectivity index (χ1) is 8.12. The van der Waals surface area contributed by atoms with Gasteiger partial charge in [-0.15, -0.1) is 0 Å². The lowest BCUT2D eigenvalue weighted by Gasteiger charge is -2.13. The van der Waals surface area contributed by atoms with Crippen LogP contribution in [0.3, 0.4) is 0 Å². The van der Waals surface area contributed by atoms with Crippen molar-refractivity contribution in [3.63, 3.8) is 0 Å². The molecule has 0 aliphatic rings. The summed E-state index contributed by atoms with van der Waals surface area (Å²) in [5, 5.41) is 8.45. The van der Waals surface area contributed by atoms with E-state index in [1.54, 1.807) is 0 Å². The summed E-state index contributed by atoms with van der Waals surface area (Å²) in [5.41, 5.74) is 0.888. The molecule has 0 bridgehead atoms. The third kappa shape index (κ3) is 3.05. The van der Waals surface area contributed by atoms with Gasteiger partial charge in [-0.3, -0.25) is 4.79 Å². The predicted molar refractivity (Wildman–Crippen MR) is 49.9 cm³/mol. The van der Waals surface area contributed by atoms with Crippen LogP contribution in [0.15, 0.2) is 6.07 Å². The molecule has 0 spiro atoms. The first kappa shape index (κ1) is 14.1. The van der Waals surface area contributed by atoms with Crippen molar-refractivity contribution in [2.45, 2.75) is 19.0 Å². The second-order valence-electron chi connectivity index (χ2n) is 3.33. The Balaban J connectivity index is 3.42. The molecule has 100 valence electrons. The Morgan fingerprint density at radius 1 is 1.44 bits per heavy atom. The fourth-order valence-corrected chi connectivity index (χ4v) is 1.30. The smallest absolute Gasteiger partial charge is 0.433 e. The largest absolute Gasteiger partial charge is 0.481 e. The van der Waals surface area contributed by atoms with Crippen LogP contribution in [0.1, 0.15) is 23.4 Å². The molecule has 9 heteroatoms. The Hall–Kier alpha value is -1.93. The first-order valence-electron chi connectivity index (χ1n) is 4.49. The van der Waals surface area contributed by atoms with E-state index in [2.05, 4.69) is 4.98 Å². The molecular weight excluding hydrogens is 263 g/mol. The molecule has 1 heterocycles. The number of carboxylic acid groups (broad SMARTS) is 1. The van der Waals surface area contributed by atoms with Crippen molar-refractivity contribution < 1.29 is 31.9 Å². The fourth-order valence-electron chi connectivity index (χ4n) is 1.30. The number of aromatic nitrogens is 1. The number of carboxylic acids is 1. The number of aliphatic carboxylic acids is 1. The van der Waals surface area contributed by atoms with E-state index in [9.17, 15) is 26.7 Å². The number of hydrogen-bond acceptors (Lipinski definition) is 3. The van der Waals surface area contributed by atoms with E-state index >= 15 is 0 Å². The molecule has 0 amide bonds. The Kier molecular flexibility index (Phi) is 3.73. The zero-order valence-corrected chi connectivity index (χ0v) is 8.63. The molecule has 0 aliphatic carbocycles. The van der Waals surface area contributed by atoms with Crippen molar-refractivity contribution >= 4 is 11.7 Å². The quantitative estimate of drug-likeness (QED) is 0.826. The van der Waals surface area contributed by atoms with Crippen LogP contribution in [0, 0.1) is 0 Å². The number of pyridine rings is 1. The van der Waals surface area contributed by atoms with Crippen molar-refractivity contribution in [2.24, 2.45) is 0 Å². The number of rotatable bonds is 3. The molecule has 18 heavy (non-hydrogen) atoms. The monoisotopic (exact) mass is 270 g/mol. The van der Waals surface area contributed by atoms with Crippen LogP contribution in [0.2, 0.25) is 0 Å². The Labute approximate surface area is 97.2 Å². The average molecular weight is 270 g/mol. The molecule has 0 fully saturated rings. The van der Waals surface area contributed by atoms with E-state index in [4.69, 9.17) is 10.8 Å². The van der Waals surface area contributed by atoms with Crippen LogP contribution in [0.5, 0.6) is 0 Å². The van der Waals surface area contributed by atoms with Crippen molar-refractivity contribution in [3.05, 3.63) is 23.0 Å². The summed E-state index contributed by atoms with van der Waals surface area (Å²) >= 11 is 0. The van der Waals surface area contributed by atoms with E-state index in [0.29, 0.717) is 0 Å². The molecular formula is C9H7F5N2O2. The topological polar surface area (TPSA) is 76.2 Å². The predicted octanol–water partition coefficient (Wildman–Crippen LogP) is 2.25. The van der Waals surface area contributed by atoms with Gasteiger partial charge < -0.3 is 10.8 Å². The third-order valence-electron chi connectivity index (χ3n) is 2.00. The van der Waals surface area contributed by atoms with E-state index in [-0.39, 0.29) is 6.07 Å². The SMILES string of the molecule is Nc1cc(C(F)(F)F)nc(CC(=O)O)c1C(F)F. The van der Waals surface area contributed by atoms with Crippen LogP contribution in [-0.2, 0) is 17.4 Å². The maximum Gasteiger partial charge on any atom is 0.433 e. The van der Waals surface area contributed by atoms with Crippen LogP contribution in [0.4, 0.5) is 27.6 Å². The summed E-state index contributed by atoms with van der Waals surface area (Å²) in [4.78, 5) is 13.3. The third-order valence-corrected chi connectivity index (χ3v) is 2.00. The van der Waals surface area contributed by atoms with Crippen molar-refractivity contribution in [2.75, 3.05) is 5.73 Å². The van der Waals surface area contributed by atoms with Gasteiger partial charge in [0, 0.05) is 5.69 Å². The molecule has 0 saturated heterocycles. The minimum absolute atomic E-state index is 0.257. The molecule has 0 atom stereocenters. The average Bonchev–Trinajstić information content (AvgIpc) is 2.13. The molecule has 1 rings (SSSR count). The molecule has 3 N–H and O–H groups in total. The maximum atomic E-state index is 12.6. The Morgan fingerprint density at radius 3 is 2.39 bits per heavy atom. The molecule has 0 unspecified atom stereocenters. The van der Waals surface area contributed by atoms with Gasteiger partial charge in [0.15, 0.2) is 0 Å². The summed E-state index contributed by atoms with van der Waals surface area (Å²) in [6.07, 6.45) is -9.15. The van der Waals surface area contributed by atoms with Gasteiger partial charge in [-0.1, -0.05) is 0 Å². The molecule has 0 aliphatic heterocycles. The van der Waals surface area contributed by atoms with E-state index in [1.807, 2.05) is 0 Å². The lowest BCUT2D eigenvalue weighted by Crippen LogP contribution is -2.15. The van der Waals surface area contributed by atoms with Gasteiger partial charge in [0.25, 0.3) is 6.43 Å². The summed E-state index contributed by atoms with van der Waals surface area (Å²) in [6.45, 7) is 0. The summed E-state index contributed by atoms with van der Waals surface area (Å²) in [7, 11) is 0. The molecule has 4 nitrogen and oxygen atoms in total. The van der Waals surface area contributed by atoms with E-state index < -0.39 is 47.6 Å². The standard InChI is InChI=1S/C9H7F5N2O2/c10-8(11)7-3(15)1-5(9(12,13)14)16-4(7)2-6(17)18/h1,8H,2H2,(H2,15,16)(H,17,18). The number of nitrogen functional groups attached to an aromatic ring is 1. The number of anilines is 1. The number of alkyl halides is 5. The summed E-state index contributed by atoms with van der Waals surface area (Å²) < 4.78 is 62.2. The van der Waals surface area contributed by atoms with Crippen LogP contribution < -0.4 is 5.73 Å². The lowest BCUT2D eigenvalue weighted by atomic mass is 10.1. The molecule has 1 aromatic heterocycles. The minimum atomic E-state index is -4.89. The normalized spacial score (nSPS) is 11.9. The second kappa shape index (κ2) is 4.75. The van der Waals surface area contributed by atoms with Crippen molar-refractivity contribution in [1.82, 2.24) is 4.98 Å². The van der Waals surface area contributed by atoms with Gasteiger partial charge in [-0.05, 0) is 6.07 Å². The second-order valence-corrected chi connectivity index (χ2v) is 3.33. The van der Waals surface area contributed by atoms with Gasteiger partial charge in [-0.2, -0.15) is 13.2 Å². The van der Waals surface area contributed by atoms with Crippen molar-refractivity contribution in [1.29, 1.82) is 0 Å². The highest BCUT2D eigenvalue weighted by Crippen LogP contribution is 2.34. The lowest BCUT2D eigenvalue weighted by molar-refractivity contribution is -0.142. The Bertz CT molecular complexity index is 473. The highest BCUT2D eigenvalue weighted by atomic mass is 19.4. The highest BCUT2D eigenvalue weighted by molar-refractivity contribution is 5.71. The highest BCUT2D eigenvalue weighted by Gasteiger charge is 2.35. The number of nitrogens with two attached hydrogens (primary N) is 1. The summed E-state index contributed by atoms with van der Waals surface area (Å²) in [6, 6.07) is 0.257. The van der Waals surface area contributed by atoms with Gasteiger partial charge in [-0.25, -0.2) is 13.8 Å². The van der Waals surface area contributed by atoms with Gasteiger partial charge >= 0.3 is 12.1 Å². The first-order valence-corrected chi connectivity index (χ1v) is 4.49. The zero-order valence-electron chi connectivity index (χ0n) is 8.63. The van der Waals surface area contributed by atoms with Gasteiger partial charge in [0.1, 0.15) is 5.69 Å². The number of carbonyl (C=O) groups is 1. The fraction of sp³-hybridized carbons (Fsp3) is 0.333. The molecule has 0 saturated carbocycles. The van der Waals surface area contributed by atoms with Gasteiger partial charge in [0.2, 0.25) is 0 Å². The molecule has 0 radical (unpaired) electrons. The molecule has 0 aromatic carbocycles. The van der Waals surface area contributed by atoms with E-state index in [0.717, 1.165) is 0 Å². The van der Waals surface area contributed by atoms with Crippen LogP contribution >= 0.6 is 0 Å². The Morgan fingerprint density at radius 2 is 2.00 bits per heavy atom. The summed E-state index contributed by atoms with van der Waals surface area (Å²) in [5.74, 6) is -1.58. The number of nitrogens with zero attached hydrogens (tertiary/aromatic N) is 1. The maximum absolute atomic E-state index is 12.6. The number of hydrogen-bond donors (Lipinski definition) is 2. The van der Waals surface area contributed by atoms with Crippen LogP contribution in [-0.4, -0.2) is 16.1 Å². The molecule has 1 aromatic rings. The number of halogens is 5.